The largest absolute Gasteiger partial charge is 0.467 e. The van der Waals surface area contributed by atoms with E-state index in [1.807, 2.05) is 13.8 Å². The van der Waals surface area contributed by atoms with Crippen LogP contribution in [0.15, 0.2) is 56.7 Å². The quantitative estimate of drug-likeness (QED) is 0.544. The number of allylic oxidation sites excluding steroid dienone is 3. The van der Waals surface area contributed by atoms with E-state index in [-0.39, 0.29) is 18.1 Å². The van der Waals surface area contributed by atoms with Crippen LogP contribution in [0.25, 0.3) is 0 Å². The van der Waals surface area contributed by atoms with Crippen molar-refractivity contribution in [1.82, 2.24) is 9.55 Å². The number of nitrogens with zero attached hydrogens (tertiary/aromatic N) is 2. The van der Waals surface area contributed by atoms with E-state index in [9.17, 15) is 14.4 Å². The molecule has 0 unspecified atom stereocenters. The van der Waals surface area contributed by atoms with Gasteiger partial charge in [-0.2, -0.15) is 0 Å². The number of aromatic nitrogens is 2. The molecular formula is C19H24N4O4. The Morgan fingerprint density at radius 1 is 1.37 bits per heavy atom. The summed E-state index contributed by atoms with van der Waals surface area (Å²) < 4.78 is 6.58. The number of carbonyl (C=O) groups excluding carboxylic acids is 1. The van der Waals surface area contributed by atoms with Gasteiger partial charge in [0.25, 0.3) is 11.5 Å². The van der Waals surface area contributed by atoms with Crippen molar-refractivity contribution in [2.75, 3.05) is 10.6 Å². The number of nitrogens with two attached hydrogens (primary N) is 1. The third-order valence-electron chi connectivity index (χ3n) is 3.92. The second-order valence-electron chi connectivity index (χ2n) is 5.89. The fraction of sp³-hybridized carbons (Fsp3) is 0.316. The molecule has 0 atom stereocenters. The highest BCUT2D eigenvalue weighted by Crippen LogP contribution is 2.20. The van der Waals surface area contributed by atoms with Crippen LogP contribution in [0.3, 0.4) is 0 Å². The third-order valence-corrected chi connectivity index (χ3v) is 3.92. The van der Waals surface area contributed by atoms with Gasteiger partial charge in [0.05, 0.1) is 12.8 Å². The Morgan fingerprint density at radius 2 is 2.15 bits per heavy atom. The molecule has 2 aromatic rings. The van der Waals surface area contributed by atoms with Crippen LogP contribution in [-0.4, -0.2) is 15.5 Å². The second kappa shape index (κ2) is 9.42. The first-order chi connectivity index (χ1) is 13.0. The van der Waals surface area contributed by atoms with Gasteiger partial charge in [0, 0.05) is 12.6 Å². The number of hydrogen-bond acceptors (Lipinski definition) is 5. The number of nitrogens with one attached hydrogen (secondary N) is 1. The SMILES string of the molecule is C/C=C/C=C/C(=O)N(Cc1ccco1)c1c(N)n(CCCC)c(=O)[nH]c1=O. The van der Waals surface area contributed by atoms with Crippen LogP contribution < -0.4 is 21.9 Å². The molecule has 0 bridgehead atoms. The number of anilines is 2. The number of aromatic amines is 1. The van der Waals surface area contributed by atoms with Crippen molar-refractivity contribution in [3.05, 3.63) is 69.3 Å². The second-order valence-corrected chi connectivity index (χ2v) is 5.89. The molecule has 1 amide bonds. The maximum atomic E-state index is 12.7. The van der Waals surface area contributed by atoms with Gasteiger partial charge in [0.2, 0.25) is 0 Å². The zero-order valence-corrected chi connectivity index (χ0v) is 15.5. The molecule has 0 saturated carbocycles. The topological polar surface area (TPSA) is 114 Å². The van der Waals surface area contributed by atoms with Crippen LogP contribution in [0.2, 0.25) is 0 Å². The molecule has 0 spiro atoms. The predicted octanol–water partition coefficient (Wildman–Crippen LogP) is 2.18. The summed E-state index contributed by atoms with van der Waals surface area (Å²) in [5, 5.41) is 0. The number of hydrogen-bond donors (Lipinski definition) is 2. The molecule has 8 nitrogen and oxygen atoms in total. The molecule has 2 aromatic heterocycles. The first-order valence-electron chi connectivity index (χ1n) is 8.75. The van der Waals surface area contributed by atoms with Gasteiger partial charge in [-0.1, -0.05) is 31.6 Å². The maximum Gasteiger partial charge on any atom is 0.330 e. The average Bonchev–Trinajstić information content (AvgIpc) is 3.14. The van der Waals surface area contributed by atoms with Gasteiger partial charge in [0.1, 0.15) is 11.6 Å². The average molecular weight is 372 g/mol. The Labute approximate surface area is 156 Å². The Morgan fingerprint density at radius 3 is 2.78 bits per heavy atom. The lowest BCUT2D eigenvalue weighted by atomic mass is 10.3. The van der Waals surface area contributed by atoms with E-state index in [4.69, 9.17) is 10.2 Å². The van der Waals surface area contributed by atoms with Crippen molar-refractivity contribution in [1.29, 1.82) is 0 Å². The molecule has 0 radical (unpaired) electrons. The molecule has 0 aliphatic carbocycles. The Hall–Kier alpha value is -3.29. The number of rotatable bonds is 8. The molecule has 8 heteroatoms. The Kier molecular flexibility index (Phi) is 6.99. The van der Waals surface area contributed by atoms with Gasteiger partial charge in [-0.25, -0.2) is 4.79 Å². The number of nitrogen functional groups attached to an aromatic ring is 1. The zero-order valence-electron chi connectivity index (χ0n) is 15.5. The first kappa shape index (κ1) is 20.0. The molecule has 0 aliphatic rings. The number of furan rings is 1. The Bertz CT molecular complexity index is 936. The van der Waals surface area contributed by atoms with Crippen molar-refractivity contribution >= 4 is 17.4 Å². The highest BCUT2D eigenvalue weighted by molar-refractivity contribution is 6.02. The van der Waals surface area contributed by atoms with Crippen LogP contribution in [0.5, 0.6) is 0 Å². The van der Waals surface area contributed by atoms with Crippen molar-refractivity contribution in [3.63, 3.8) is 0 Å². The minimum atomic E-state index is -0.718. The van der Waals surface area contributed by atoms with E-state index < -0.39 is 17.2 Å². The summed E-state index contributed by atoms with van der Waals surface area (Å²) >= 11 is 0. The fourth-order valence-electron chi connectivity index (χ4n) is 2.54. The van der Waals surface area contributed by atoms with E-state index >= 15 is 0 Å². The highest BCUT2D eigenvalue weighted by Gasteiger charge is 2.23. The van der Waals surface area contributed by atoms with Crippen molar-refractivity contribution in [2.45, 2.75) is 39.8 Å². The Balaban J connectivity index is 2.55. The number of amides is 1. The van der Waals surface area contributed by atoms with Crippen LogP contribution in [0.1, 0.15) is 32.4 Å². The molecule has 0 aliphatic heterocycles. The van der Waals surface area contributed by atoms with Gasteiger partial charge in [-0.05, 0) is 25.5 Å². The zero-order chi connectivity index (χ0) is 19.8. The number of carbonyl (C=O) groups is 1. The molecule has 2 rings (SSSR count). The lowest BCUT2D eigenvalue weighted by molar-refractivity contribution is -0.114. The molecule has 0 fully saturated rings. The van der Waals surface area contributed by atoms with E-state index in [0.29, 0.717) is 18.7 Å². The highest BCUT2D eigenvalue weighted by atomic mass is 16.3. The lowest BCUT2D eigenvalue weighted by Gasteiger charge is -2.22. The van der Waals surface area contributed by atoms with Gasteiger partial charge < -0.3 is 10.2 Å². The normalized spacial score (nSPS) is 11.5. The van der Waals surface area contributed by atoms with E-state index in [1.54, 1.807) is 30.4 Å². The fourth-order valence-corrected chi connectivity index (χ4v) is 2.54. The summed E-state index contributed by atoms with van der Waals surface area (Å²) in [6.45, 7) is 4.15. The van der Waals surface area contributed by atoms with Crippen molar-refractivity contribution in [2.24, 2.45) is 0 Å². The van der Waals surface area contributed by atoms with Crippen LogP contribution in [0.4, 0.5) is 11.5 Å². The molecule has 0 saturated heterocycles. The number of unbranched alkanes of at least 4 members (excludes halogenated alkanes) is 1. The van der Waals surface area contributed by atoms with Crippen LogP contribution in [0, 0.1) is 0 Å². The molecule has 144 valence electrons. The minimum absolute atomic E-state index is 0.00523. The van der Waals surface area contributed by atoms with E-state index in [1.165, 1.54) is 21.8 Å². The summed E-state index contributed by atoms with van der Waals surface area (Å²) in [4.78, 5) is 40.8. The van der Waals surface area contributed by atoms with Crippen LogP contribution in [-0.2, 0) is 17.9 Å². The number of H-pyrrole nitrogens is 1. The van der Waals surface area contributed by atoms with E-state index in [0.717, 1.165) is 6.42 Å². The molecule has 3 N–H and O–H groups in total. The van der Waals surface area contributed by atoms with Gasteiger partial charge in [-0.15, -0.1) is 0 Å². The van der Waals surface area contributed by atoms with Crippen molar-refractivity contribution < 1.29 is 9.21 Å². The molecule has 0 aromatic carbocycles. The van der Waals surface area contributed by atoms with Gasteiger partial charge >= 0.3 is 5.69 Å². The lowest BCUT2D eigenvalue weighted by Crippen LogP contribution is -2.40. The predicted molar refractivity (Wildman–Crippen MR) is 104 cm³/mol. The summed E-state index contributed by atoms with van der Waals surface area (Å²) in [5.41, 5.74) is 4.75. The van der Waals surface area contributed by atoms with Crippen molar-refractivity contribution in [3.8, 4) is 0 Å². The minimum Gasteiger partial charge on any atom is -0.467 e. The van der Waals surface area contributed by atoms with Gasteiger partial charge in [0.15, 0.2) is 5.69 Å². The van der Waals surface area contributed by atoms with Crippen LogP contribution >= 0.6 is 0 Å². The third kappa shape index (κ3) is 4.87. The van der Waals surface area contributed by atoms with E-state index in [2.05, 4.69) is 4.98 Å². The summed E-state index contributed by atoms with van der Waals surface area (Å²) in [6.07, 6.45) is 9.39. The summed E-state index contributed by atoms with van der Waals surface area (Å²) in [7, 11) is 0. The maximum absolute atomic E-state index is 12.7. The standard InChI is InChI=1S/C19H24N4O4/c1-3-5-7-10-15(24)23(13-14-9-8-12-27-14)16-17(20)22(11-6-4-2)19(26)21-18(16)25/h3,5,7-10,12H,4,6,11,13,20H2,1-2H3,(H,21,25,26)/b5-3+,10-7+. The monoisotopic (exact) mass is 372 g/mol. The molecule has 2 heterocycles. The van der Waals surface area contributed by atoms with Gasteiger partial charge in [-0.3, -0.25) is 24.0 Å². The smallest absolute Gasteiger partial charge is 0.330 e. The molecular weight excluding hydrogens is 348 g/mol. The summed E-state index contributed by atoms with van der Waals surface area (Å²) in [6, 6.07) is 3.37. The molecule has 27 heavy (non-hydrogen) atoms. The summed E-state index contributed by atoms with van der Waals surface area (Å²) in [5.74, 6) is -0.0215. The first-order valence-corrected chi connectivity index (χ1v) is 8.75.